The highest BCUT2D eigenvalue weighted by atomic mass is 16.5. The average molecular weight is 243 g/mol. The molecule has 1 aromatic carbocycles. The number of aromatic nitrogens is 1. The van der Waals surface area contributed by atoms with E-state index in [0.717, 1.165) is 5.56 Å². The highest BCUT2D eigenvalue weighted by Crippen LogP contribution is 2.10. The second-order valence-electron chi connectivity index (χ2n) is 3.95. The van der Waals surface area contributed by atoms with E-state index in [1.165, 1.54) is 11.7 Å². The van der Waals surface area contributed by atoms with Crippen LogP contribution in [0.5, 0.6) is 0 Å². The van der Waals surface area contributed by atoms with Crippen LogP contribution in [0.3, 0.4) is 0 Å². The lowest BCUT2D eigenvalue weighted by molar-refractivity contribution is 0.0600. The number of hydrogen-bond acceptors (Lipinski definition) is 3. The molecule has 0 unspecified atom stereocenters. The first-order chi connectivity index (χ1) is 8.61. The predicted octanol–water partition coefficient (Wildman–Crippen LogP) is 1.93. The van der Waals surface area contributed by atoms with Crippen molar-refractivity contribution in [1.82, 2.24) is 4.57 Å². The maximum atomic E-state index is 11.8. The summed E-state index contributed by atoms with van der Waals surface area (Å²) in [5, 5.41) is 0. The van der Waals surface area contributed by atoms with Gasteiger partial charge in [-0.3, -0.25) is 9.36 Å². The molecular formula is C14H13NO3. The SMILES string of the molecule is COC(=O)c1cccc(-n2ccc(C)cc2=O)c1. The minimum atomic E-state index is -0.419. The summed E-state index contributed by atoms with van der Waals surface area (Å²) in [6, 6.07) is 10.1. The molecule has 0 aliphatic heterocycles. The summed E-state index contributed by atoms with van der Waals surface area (Å²) in [7, 11) is 1.33. The molecule has 0 N–H and O–H groups in total. The third-order valence-corrected chi connectivity index (χ3v) is 2.62. The van der Waals surface area contributed by atoms with E-state index in [1.54, 1.807) is 36.5 Å². The Morgan fingerprint density at radius 3 is 2.67 bits per heavy atom. The normalized spacial score (nSPS) is 10.1. The van der Waals surface area contributed by atoms with Crippen LogP contribution in [0.2, 0.25) is 0 Å². The fourth-order valence-corrected chi connectivity index (χ4v) is 1.69. The molecule has 0 radical (unpaired) electrons. The van der Waals surface area contributed by atoms with Gasteiger partial charge in [0.15, 0.2) is 0 Å². The van der Waals surface area contributed by atoms with Gasteiger partial charge < -0.3 is 4.74 Å². The number of carbonyl (C=O) groups is 1. The van der Waals surface area contributed by atoms with Crippen molar-refractivity contribution in [2.45, 2.75) is 6.92 Å². The molecule has 0 spiro atoms. The molecule has 2 rings (SSSR count). The van der Waals surface area contributed by atoms with Gasteiger partial charge in [0, 0.05) is 18.0 Å². The molecule has 18 heavy (non-hydrogen) atoms. The number of rotatable bonds is 2. The van der Waals surface area contributed by atoms with Crippen molar-refractivity contribution < 1.29 is 9.53 Å². The van der Waals surface area contributed by atoms with Gasteiger partial charge in [-0.2, -0.15) is 0 Å². The van der Waals surface area contributed by atoms with Gasteiger partial charge in [0.05, 0.1) is 12.7 Å². The highest BCUT2D eigenvalue weighted by Gasteiger charge is 2.07. The minimum absolute atomic E-state index is 0.128. The predicted molar refractivity (Wildman–Crippen MR) is 68.1 cm³/mol. The smallest absolute Gasteiger partial charge is 0.337 e. The van der Waals surface area contributed by atoms with E-state index in [-0.39, 0.29) is 5.56 Å². The van der Waals surface area contributed by atoms with Crippen molar-refractivity contribution in [2.75, 3.05) is 7.11 Å². The van der Waals surface area contributed by atoms with E-state index in [4.69, 9.17) is 0 Å². The summed E-state index contributed by atoms with van der Waals surface area (Å²) in [4.78, 5) is 23.3. The first kappa shape index (κ1) is 12.1. The number of hydrogen-bond donors (Lipinski definition) is 0. The Morgan fingerprint density at radius 1 is 1.22 bits per heavy atom. The monoisotopic (exact) mass is 243 g/mol. The van der Waals surface area contributed by atoms with Crippen LogP contribution in [0.25, 0.3) is 5.69 Å². The molecule has 0 aliphatic carbocycles. The molecule has 0 fully saturated rings. The molecule has 0 aliphatic rings. The molecule has 0 bridgehead atoms. The van der Waals surface area contributed by atoms with Gasteiger partial charge in [0.1, 0.15) is 0 Å². The minimum Gasteiger partial charge on any atom is -0.465 e. The zero-order valence-electron chi connectivity index (χ0n) is 10.2. The van der Waals surface area contributed by atoms with Gasteiger partial charge >= 0.3 is 5.97 Å². The number of pyridine rings is 1. The van der Waals surface area contributed by atoms with Crippen LogP contribution < -0.4 is 5.56 Å². The van der Waals surface area contributed by atoms with Crippen LogP contribution in [-0.4, -0.2) is 17.6 Å². The third kappa shape index (κ3) is 2.32. The summed E-state index contributed by atoms with van der Waals surface area (Å²) in [5.74, 6) is -0.419. The van der Waals surface area contributed by atoms with Crippen molar-refractivity contribution in [3.05, 3.63) is 64.1 Å². The second kappa shape index (κ2) is 4.87. The summed E-state index contributed by atoms with van der Waals surface area (Å²) < 4.78 is 6.14. The molecule has 1 aromatic heterocycles. The number of benzene rings is 1. The molecular weight excluding hydrogens is 230 g/mol. The van der Waals surface area contributed by atoms with Crippen LogP contribution in [0.15, 0.2) is 47.4 Å². The maximum absolute atomic E-state index is 11.8. The zero-order chi connectivity index (χ0) is 13.1. The van der Waals surface area contributed by atoms with E-state index in [2.05, 4.69) is 4.74 Å². The fraction of sp³-hybridized carbons (Fsp3) is 0.143. The number of ether oxygens (including phenoxy) is 1. The van der Waals surface area contributed by atoms with Crippen molar-refractivity contribution in [2.24, 2.45) is 0 Å². The van der Waals surface area contributed by atoms with Crippen molar-refractivity contribution in [1.29, 1.82) is 0 Å². The number of methoxy groups -OCH3 is 1. The van der Waals surface area contributed by atoms with Gasteiger partial charge in [0.2, 0.25) is 0 Å². The molecule has 92 valence electrons. The first-order valence-electron chi connectivity index (χ1n) is 5.50. The highest BCUT2D eigenvalue weighted by molar-refractivity contribution is 5.89. The molecule has 1 heterocycles. The number of carbonyl (C=O) groups excluding carboxylic acids is 1. The van der Waals surface area contributed by atoms with Crippen molar-refractivity contribution >= 4 is 5.97 Å². The van der Waals surface area contributed by atoms with Gasteiger partial charge in [-0.25, -0.2) is 4.79 Å². The topological polar surface area (TPSA) is 48.3 Å². The summed E-state index contributed by atoms with van der Waals surface area (Å²) in [6.07, 6.45) is 1.69. The van der Waals surface area contributed by atoms with E-state index in [0.29, 0.717) is 11.3 Å². The first-order valence-corrected chi connectivity index (χ1v) is 5.50. The Balaban J connectivity index is 2.51. The van der Waals surface area contributed by atoms with Crippen LogP contribution in [0.1, 0.15) is 15.9 Å². The quantitative estimate of drug-likeness (QED) is 0.757. The molecule has 0 saturated carbocycles. The third-order valence-electron chi connectivity index (χ3n) is 2.62. The van der Waals surface area contributed by atoms with Gasteiger partial charge in [-0.05, 0) is 36.8 Å². The summed E-state index contributed by atoms with van der Waals surface area (Å²) in [6.45, 7) is 1.86. The van der Waals surface area contributed by atoms with Crippen LogP contribution >= 0.6 is 0 Å². The zero-order valence-corrected chi connectivity index (χ0v) is 10.2. The van der Waals surface area contributed by atoms with Crippen LogP contribution in [0.4, 0.5) is 0 Å². The molecule has 0 saturated heterocycles. The van der Waals surface area contributed by atoms with Crippen LogP contribution in [-0.2, 0) is 4.74 Å². The van der Waals surface area contributed by atoms with E-state index in [1.807, 2.05) is 13.0 Å². The Labute approximate surface area is 104 Å². The Hall–Kier alpha value is -2.36. The molecule has 4 nitrogen and oxygen atoms in total. The summed E-state index contributed by atoms with van der Waals surface area (Å²) in [5.41, 5.74) is 1.84. The Kier molecular flexibility index (Phi) is 3.28. The molecule has 2 aromatic rings. The Morgan fingerprint density at radius 2 is 2.00 bits per heavy atom. The lowest BCUT2D eigenvalue weighted by Gasteiger charge is -2.07. The van der Waals surface area contributed by atoms with Gasteiger partial charge in [-0.1, -0.05) is 6.07 Å². The Bertz CT molecular complexity index is 643. The number of esters is 1. The average Bonchev–Trinajstić information content (AvgIpc) is 2.38. The van der Waals surface area contributed by atoms with Crippen LogP contribution in [0, 0.1) is 6.92 Å². The van der Waals surface area contributed by atoms with Gasteiger partial charge in [0.25, 0.3) is 5.56 Å². The molecule has 0 amide bonds. The van der Waals surface area contributed by atoms with E-state index >= 15 is 0 Å². The van der Waals surface area contributed by atoms with Crippen molar-refractivity contribution in [3.8, 4) is 5.69 Å². The van der Waals surface area contributed by atoms with Gasteiger partial charge in [-0.15, -0.1) is 0 Å². The van der Waals surface area contributed by atoms with Crippen molar-refractivity contribution in [3.63, 3.8) is 0 Å². The molecule has 4 heteroatoms. The summed E-state index contributed by atoms with van der Waals surface area (Å²) >= 11 is 0. The molecule has 0 atom stereocenters. The standard InChI is InChI=1S/C14H13NO3/c1-10-6-7-15(13(16)8-10)12-5-3-4-11(9-12)14(17)18-2/h3-9H,1-2H3. The van der Waals surface area contributed by atoms with E-state index in [9.17, 15) is 9.59 Å². The number of aryl methyl sites for hydroxylation is 1. The maximum Gasteiger partial charge on any atom is 0.337 e. The lowest BCUT2D eigenvalue weighted by Crippen LogP contribution is -2.17. The van der Waals surface area contributed by atoms with E-state index < -0.39 is 5.97 Å². The largest absolute Gasteiger partial charge is 0.465 e. The lowest BCUT2D eigenvalue weighted by atomic mass is 10.2. The number of nitrogens with zero attached hydrogens (tertiary/aromatic N) is 1. The fourth-order valence-electron chi connectivity index (χ4n) is 1.69. The second-order valence-corrected chi connectivity index (χ2v) is 3.95.